The maximum atomic E-state index is 13.7. The Morgan fingerprint density at radius 1 is 1.03 bits per heavy atom. The number of esters is 2. The Morgan fingerprint density at radius 3 is 2.42 bits per heavy atom. The van der Waals surface area contributed by atoms with E-state index in [-0.39, 0.29) is 19.2 Å². The monoisotopic (exact) mass is 504 g/mol. The molecule has 1 aliphatic rings. The fourth-order valence-corrected chi connectivity index (χ4v) is 6.00. The predicted octanol–water partition coefficient (Wildman–Crippen LogP) is 5.74. The van der Waals surface area contributed by atoms with Gasteiger partial charge in [-0.25, -0.2) is 9.78 Å². The lowest BCUT2D eigenvalue weighted by Crippen LogP contribution is -2.55. The molecule has 0 saturated carbocycles. The van der Waals surface area contributed by atoms with E-state index in [1.165, 1.54) is 11.3 Å². The average molecular weight is 505 g/mol. The van der Waals surface area contributed by atoms with Gasteiger partial charge in [0.2, 0.25) is 0 Å². The van der Waals surface area contributed by atoms with Gasteiger partial charge in [-0.05, 0) is 46.2 Å². The molecule has 0 aliphatic carbocycles. The molecule has 6 nitrogen and oxygen atoms in total. The van der Waals surface area contributed by atoms with Crippen LogP contribution in [0.4, 0.5) is 0 Å². The Hall–Kier alpha value is -3.45. The summed E-state index contributed by atoms with van der Waals surface area (Å²) >= 11 is 1.44. The van der Waals surface area contributed by atoms with Crippen molar-refractivity contribution in [1.82, 2.24) is 10.3 Å². The fourth-order valence-electron chi connectivity index (χ4n) is 5.03. The topological polar surface area (TPSA) is 77.5 Å². The predicted molar refractivity (Wildman–Crippen MR) is 141 cm³/mol. The number of allylic oxidation sites excluding steroid dienone is 1. The van der Waals surface area contributed by atoms with Gasteiger partial charge in [-0.15, -0.1) is 11.3 Å². The van der Waals surface area contributed by atoms with Crippen LogP contribution in [0.2, 0.25) is 0 Å². The molecule has 7 heteroatoms. The van der Waals surface area contributed by atoms with Crippen molar-refractivity contribution in [2.75, 3.05) is 13.2 Å². The highest BCUT2D eigenvalue weighted by Gasteiger charge is 2.54. The summed E-state index contributed by atoms with van der Waals surface area (Å²) in [7, 11) is 0. The molecular formula is C29H32N2O4S. The van der Waals surface area contributed by atoms with Crippen molar-refractivity contribution in [3.05, 3.63) is 87.4 Å². The molecule has 1 aliphatic heterocycles. The van der Waals surface area contributed by atoms with Crippen molar-refractivity contribution in [2.24, 2.45) is 5.92 Å². The number of rotatable bonds is 7. The third-order valence-corrected chi connectivity index (χ3v) is 7.56. The molecular weight excluding hydrogens is 472 g/mol. The van der Waals surface area contributed by atoms with Crippen LogP contribution in [0.25, 0.3) is 11.3 Å². The molecule has 0 amide bonds. The Bertz CT molecular complexity index is 1280. The van der Waals surface area contributed by atoms with Crippen molar-refractivity contribution < 1.29 is 19.1 Å². The number of hydrogen-bond acceptors (Lipinski definition) is 7. The number of nitrogens with one attached hydrogen (secondary N) is 1. The maximum Gasteiger partial charge on any atom is 0.336 e. The zero-order valence-electron chi connectivity index (χ0n) is 21.3. The van der Waals surface area contributed by atoms with Crippen molar-refractivity contribution in [3.63, 3.8) is 0 Å². The highest BCUT2D eigenvalue weighted by Crippen LogP contribution is 2.49. The summed E-state index contributed by atoms with van der Waals surface area (Å²) in [5.41, 5.74) is 4.09. The van der Waals surface area contributed by atoms with Gasteiger partial charge in [0, 0.05) is 16.6 Å². The number of thiazole rings is 1. The van der Waals surface area contributed by atoms with E-state index >= 15 is 0 Å². The van der Waals surface area contributed by atoms with Crippen molar-refractivity contribution in [1.29, 1.82) is 0 Å². The second-order valence-electron chi connectivity index (χ2n) is 9.10. The molecule has 3 aromatic rings. The van der Waals surface area contributed by atoms with Crippen molar-refractivity contribution >= 4 is 23.3 Å². The third-order valence-electron chi connectivity index (χ3n) is 6.63. The average Bonchev–Trinajstić information content (AvgIpc) is 3.34. The van der Waals surface area contributed by atoms with Crippen molar-refractivity contribution in [3.8, 4) is 11.3 Å². The normalized spacial score (nSPS) is 21.6. The van der Waals surface area contributed by atoms with Gasteiger partial charge in [0.05, 0.1) is 41.9 Å². The molecule has 1 N–H and O–H groups in total. The zero-order valence-corrected chi connectivity index (χ0v) is 22.1. The number of ether oxygens (including phenoxy) is 2. The summed E-state index contributed by atoms with van der Waals surface area (Å²) in [4.78, 5) is 31.9. The molecule has 1 aromatic heterocycles. The van der Waals surface area contributed by atoms with Crippen LogP contribution in [0.5, 0.6) is 0 Å². The molecule has 0 fully saturated rings. The second-order valence-corrected chi connectivity index (χ2v) is 9.99. The van der Waals surface area contributed by atoms with Gasteiger partial charge in [0.1, 0.15) is 5.01 Å². The van der Waals surface area contributed by atoms with Gasteiger partial charge in [-0.3, -0.25) is 4.79 Å². The van der Waals surface area contributed by atoms with E-state index in [2.05, 4.69) is 11.4 Å². The lowest BCUT2D eigenvalue weighted by molar-refractivity contribution is -0.152. The Balaban J connectivity index is 1.93. The van der Waals surface area contributed by atoms with Gasteiger partial charge in [-0.2, -0.15) is 0 Å². The molecule has 0 bridgehead atoms. The minimum atomic E-state index is -0.840. The quantitative estimate of drug-likeness (QED) is 0.414. The maximum absolute atomic E-state index is 13.7. The first kappa shape index (κ1) is 25.6. The zero-order chi connectivity index (χ0) is 25.9. The van der Waals surface area contributed by atoms with Crippen LogP contribution in [0.1, 0.15) is 49.7 Å². The van der Waals surface area contributed by atoms with E-state index in [4.69, 9.17) is 14.5 Å². The van der Waals surface area contributed by atoms with E-state index in [9.17, 15) is 9.59 Å². The lowest BCUT2D eigenvalue weighted by Gasteiger charge is -2.46. The van der Waals surface area contributed by atoms with Gasteiger partial charge >= 0.3 is 11.9 Å². The van der Waals surface area contributed by atoms with E-state index in [1.54, 1.807) is 13.8 Å². The van der Waals surface area contributed by atoms with Crippen LogP contribution in [-0.4, -0.2) is 30.1 Å². The summed E-state index contributed by atoms with van der Waals surface area (Å²) in [6.45, 7) is 9.90. The fraction of sp³-hybridized carbons (Fsp3) is 0.345. The molecule has 0 saturated heterocycles. The molecule has 3 atom stereocenters. The molecule has 2 heterocycles. The Morgan fingerprint density at radius 2 is 1.75 bits per heavy atom. The summed E-state index contributed by atoms with van der Waals surface area (Å²) < 4.78 is 11.1. The molecule has 4 rings (SSSR count). The first-order valence-corrected chi connectivity index (χ1v) is 13.1. The van der Waals surface area contributed by atoms with Crippen LogP contribution < -0.4 is 5.32 Å². The molecule has 2 aromatic carbocycles. The van der Waals surface area contributed by atoms with Gasteiger partial charge in [-0.1, -0.05) is 54.1 Å². The highest BCUT2D eigenvalue weighted by molar-refractivity contribution is 7.10. The number of aryl methyl sites for hydroxylation is 1. The summed E-state index contributed by atoms with van der Waals surface area (Å²) in [5, 5.41) is 6.14. The summed E-state index contributed by atoms with van der Waals surface area (Å²) in [6, 6.07) is 17.9. The van der Waals surface area contributed by atoms with Crippen LogP contribution in [0.15, 0.2) is 71.2 Å². The molecule has 3 unspecified atom stereocenters. The van der Waals surface area contributed by atoms with Crippen LogP contribution >= 0.6 is 11.3 Å². The summed E-state index contributed by atoms with van der Waals surface area (Å²) in [6.07, 6.45) is 0. The number of nitrogens with zero attached hydrogens (tertiary/aromatic N) is 1. The number of hydrogen-bond donors (Lipinski definition) is 1. The van der Waals surface area contributed by atoms with E-state index < -0.39 is 23.3 Å². The van der Waals surface area contributed by atoms with E-state index in [0.717, 1.165) is 22.4 Å². The smallest absolute Gasteiger partial charge is 0.336 e. The van der Waals surface area contributed by atoms with Gasteiger partial charge in [0.25, 0.3) is 0 Å². The number of carbonyl (C=O) groups excluding carboxylic acids is 2. The highest BCUT2D eigenvalue weighted by atomic mass is 32.1. The van der Waals surface area contributed by atoms with Crippen molar-refractivity contribution in [2.45, 2.75) is 46.1 Å². The van der Waals surface area contributed by atoms with E-state index in [0.29, 0.717) is 16.3 Å². The number of carbonyl (C=O) groups is 2. The number of aromatic nitrogens is 1. The first-order valence-electron chi connectivity index (χ1n) is 12.2. The van der Waals surface area contributed by atoms with Gasteiger partial charge in [0.15, 0.2) is 0 Å². The molecule has 188 valence electrons. The van der Waals surface area contributed by atoms with Crippen LogP contribution in [-0.2, 0) is 24.6 Å². The third kappa shape index (κ3) is 4.80. The minimum Gasteiger partial charge on any atom is -0.466 e. The van der Waals surface area contributed by atoms with Crippen LogP contribution in [0, 0.1) is 12.8 Å². The standard InChI is InChI=1S/C29H32N2O4S/c1-6-34-27(32)23-19(4)31-29(5,21-14-9-8-10-15-21)25(28(33)35-7-2)24(23)26-30-22(17-36-26)20-13-11-12-18(3)16-20/h8-17,24-25,31H,6-7H2,1-5H3. The largest absolute Gasteiger partial charge is 0.466 e. The summed E-state index contributed by atoms with van der Waals surface area (Å²) in [5.74, 6) is -2.23. The van der Waals surface area contributed by atoms with E-state index in [1.807, 2.05) is 74.7 Å². The van der Waals surface area contributed by atoms with Crippen LogP contribution in [0.3, 0.4) is 0 Å². The second kappa shape index (κ2) is 10.7. The first-order chi connectivity index (χ1) is 17.3. The minimum absolute atomic E-state index is 0.231. The Kier molecular flexibility index (Phi) is 7.59. The molecule has 0 spiro atoms. The van der Waals surface area contributed by atoms with Gasteiger partial charge < -0.3 is 14.8 Å². The molecule has 36 heavy (non-hydrogen) atoms. The number of benzene rings is 2. The Labute approximate surface area is 216 Å². The molecule has 0 radical (unpaired) electrons. The SMILES string of the molecule is CCOC(=O)C1=C(C)NC(C)(c2ccccc2)C(C(=O)OCC)C1c1nc(-c2cccc(C)c2)cs1. The lowest BCUT2D eigenvalue weighted by atomic mass is 9.67.